The molecule has 1 aromatic heterocycles. The van der Waals surface area contributed by atoms with Gasteiger partial charge in [-0.2, -0.15) is 5.10 Å². The fourth-order valence-electron chi connectivity index (χ4n) is 1.01. The van der Waals surface area contributed by atoms with E-state index in [0.717, 1.165) is 0 Å². The van der Waals surface area contributed by atoms with Crippen molar-refractivity contribution in [3.05, 3.63) is 11.2 Å². The highest BCUT2D eigenvalue weighted by atomic mass is 35.5. The number of rotatable bonds is 3. The molecule has 0 aliphatic heterocycles. The minimum atomic E-state index is -1.39. The van der Waals surface area contributed by atoms with Crippen LogP contribution in [0.1, 0.15) is 13.8 Å². The van der Waals surface area contributed by atoms with Crippen molar-refractivity contribution in [3.8, 4) is 5.88 Å². The van der Waals surface area contributed by atoms with Crippen molar-refractivity contribution in [1.82, 2.24) is 9.78 Å². The Kier molecular flexibility index (Phi) is 3.35. The van der Waals surface area contributed by atoms with Crippen LogP contribution in [0.25, 0.3) is 0 Å². The summed E-state index contributed by atoms with van der Waals surface area (Å²) in [5, 5.41) is 12.6. The van der Waals surface area contributed by atoms with Gasteiger partial charge in [0.25, 0.3) is 0 Å². The molecule has 0 saturated carbocycles. The zero-order valence-electron chi connectivity index (χ0n) is 7.90. The maximum Gasteiger partial charge on any atom is 0.512 e. The topological polar surface area (TPSA) is 64.4 Å². The van der Waals surface area contributed by atoms with Crippen LogP contribution >= 0.6 is 11.6 Å². The Morgan fingerprint density at radius 2 is 2.43 bits per heavy atom. The van der Waals surface area contributed by atoms with E-state index in [-0.39, 0.29) is 10.9 Å². The molecule has 0 bridgehead atoms. The number of hydrogen-bond acceptors (Lipinski definition) is 3. The first-order valence-corrected chi connectivity index (χ1v) is 4.50. The minimum Gasteiger partial charge on any atom is -0.449 e. The number of nitrogens with zero attached hydrogens (tertiary/aromatic N) is 2. The lowest BCUT2D eigenvalue weighted by Crippen LogP contribution is -2.12. The third-order valence-electron chi connectivity index (χ3n) is 1.47. The van der Waals surface area contributed by atoms with Crippen molar-refractivity contribution in [2.45, 2.75) is 20.4 Å². The molecule has 1 aromatic rings. The normalized spacial score (nSPS) is 10.6. The second kappa shape index (κ2) is 4.32. The quantitative estimate of drug-likeness (QED) is 0.791. The van der Waals surface area contributed by atoms with Gasteiger partial charge in [0.1, 0.15) is 5.02 Å². The van der Waals surface area contributed by atoms with Gasteiger partial charge in [0.2, 0.25) is 5.88 Å². The number of carbonyl (C=O) groups is 1. The van der Waals surface area contributed by atoms with Gasteiger partial charge in [0.05, 0.1) is 6.20 Å². The van der Waals surface area contributed by atoms with Crippen LogP contribution in [0.5, 0.6) is 5.88 Å². The summed E-state index contributed by atoms with van der Waals surface area (Å²) < 4.78 is 5.93. The molecule has 0 radical (unpaired) electrons. The van der Waals surface area contributed by atoms with E-state index in [0.29, 0.717) is 12.5 Å². The van der Waals surface area contributed by atoms with E-state index in [1.54, 1.807) is 0 Å². The molecule has 0 fully saturated rings. The molecule has 0 aliphatic carbocycles. The predicted octanol–water partition coefficient (Wildman–Crippen LogP) is 2.25. The number of ether oxygens (including phenoxy) is 1. The molecule has 0 amide bonds. The fraction of sp³-hybridized carbons (Fsp3) is 0.500. The Morgan fingerprint density at radius 3 is 2.93 bits per heavy atom. The summed E-state index contributed by atoms with van der Waals surface area (Å²) in [4.78, 5) is 10.3. The molecule has 1 heterocycles. The second-order valence-corrected chi connectivity index (χ2v) is 3.65. The van der Waals surface area contributed by atoms with E-state index in [2.05, 4.69) is 9.84 Å². The summed E-state index contributed by atoms with van der Waals surface area (Å²) in [6.45, 7) is 4.54. The number of carboxylic acid groups (broad SMARTS) is 1. The molecule has 0 spiro atoms. The highest BCUT2D eigenvalue weighted by Gasteiger charge is 2.14. The van der Waals surface area contributed by atoms with Gasteiger partial charge in [0.15, 0.2) is 0 Å². The van der Waals surface area contributed by atoms with E-state index in [4.69, 9.17) is 16.7 Å². The lowest BCUT2D eigenvalue weighted by atomic mass is 10.2. The molecular formula is C8H11ClN2O3. The van der Waals surface area contributed by atoms with Crippen molar-refractivity contribution in [3.63, 3.8) is 0 Å². The van der Waals surface area contributed by atoms with Crippen molar-refractivity contribution >= 4 is 17.8 Å². The Labute approximate surface area is 86.2 Å². The Balaban J connectivity index is 2.88. The highest BCUT2D eigenvalue weighted by molar-refractivity contribution is 6.31. The van der Waals surface area contributed by atoms with Gasteiger partial charge >= 0.3 is 6.16 Å². The van der Waals surface area contributed by atoms with Crippen molar-refractivity contribution in [2.24, 2.45) is 5.92 Å². The van der Waals surface area contributed by atoms with Crippen molar-refractivity contribution in [1.29, 1.82) is 0 Å². The first-order valence-electron chi connectivity index (χ1n) is 4.12. The summed E-state index contributed by atoms with van der Waals surface area (Å²) in [5.41, 5.74) is 0. The zero-order valence-corrected chi connectivity index (χ0v) is 8.65. The van der Waals surface area contributed by atoms with Crippen LogP contribution < -0.4 is 4.74 Å². The largest absolute Gasteiger partial charge is 0.512 e. The van der Waals surface area contributed by atoms with Crippen LogP contribution in [-0.2, 0) is 6.54 Å². The summed E-state index contributed by atoms with van der Waals surface area (Å²) in [6, 6.07) is 0. The molecular weight excluding hydrogens is 208 g/mol. The first-order chi connectivity index (χ1) is 6.50. The number of hydrogen-bond donors (Lipinski definition) is 1. The summed E-state index contributed by atoms with van der Waals surface area (Å²) >= 11 is 5.70. The second-order valence-electron chi connectivity index (χ2n) is 3.24. The maximum absolute atomic E-state index is 10.3. The van der Waals surface area contributed by atoms with Gasteiger partial charge in [-0.3, -0.25) is 0 Å². The molecule has 1 rings (SSSR count). The Hall–Kier alpha value is -1.23. The van der Waals surface area contributed by atoms with Crippen LogP contribution in [0.15, 0.2) is 6.20 Å². The predicted molar refractivity (Wildman–Crippen MR) is 50.7 cm³/mol. The van der Waals surface area contributed by atoms with Crippen LogP contribution in [0, 0.1) is 5.92 Å². The van der Waals surface area contributed by atoms with Gasteiger partial charge < -0.3 is 9.84 Å². The first kappa shape index (κ1) is 10.8. The van der Waals surface area contributed by atoms with Gasteiger partial charge in [-0.1, -0.05) is 25.4 Å². The van der Waals surface area contributed by atoms with Gasteiger partial charge in [-0.25, -0.2) is 9.48 Å². The Morgan fingerprint density at radius 1 is 1.79 bits per heavy atom. The van der Waals surface area contributed by atoms with Crippen molar-refractivity contribution in [2.75, 3.05) is 0 Å². The monoisotopic (exact) mass is 218 g/mol. The molecule has 0 aromatic carbocycles. The molecule has 78 valence electrons. The van der Waals surface area contributed by atoms with E-state index < -0.39 is 6.16 Å². The van der Waals surface area contributed by atoms with E-state index in [1.807, 2.05) is 13.8 Å². The van der Waals surface area contributed by atoms with Crippen LogP contribution in [0.3, 0.4) is 0 Å². The maximum atomic E-state index is 10.3. The SMILES string of the molecule is CC(C)Cn1ncc(Cl)c1OC(=O)O. The summed E-state index contributed by atoms with van der Waals surface area (Å²) in [7, 11) is 0. The third-order valence-corrected chi connectivity index (χ3v) is 1.73. The Bertz CT molecular complexity index is 335. The smallest absolute Gasteiger partial charge is 0.449 e. The third kappa shape index (κ3) is 2.63. The van der Waals surface area contributed by atoms with Gasteiger partial charge in [-0.05, 0) is 5.92 Å². The molecule has 5 nitrogen and oxygen atoms in total. The van der Waals surface area contributed by atoms with Crippen LogP contribution in [-0.4, -0.2) is 21.0 Å². The van der Waals surface area contributed by atoms with Crippen molar-refractivity contribution < 1.29 is 14.6 Å². The minimum absolute atomic E-state index is 0.0767. The number of aromatic nitrogens is 2. The molecule has 0 saturated heterocycles. The van der Waals surface area contributed by atoms with E-state index in [1.165, 1.54) is 10.9 Å². The van der Waals surface area contributed by atoms with Crippen LogP contribution in [0.4, 0.5) is 4.79 Å². The molecule has 0 atom stereocenters. The standard InChI is InChI=1S/C8H11ClN2O3/c1-5(2)4-11-7(14-8(12)13)6(9)3-10-11/h3,5H,4H2,1-2H3,(H,12,13). The average molecular weight is 219 g/mol. The molecule has 6 heteroatoms. The highest BCUT2D eigenvalue weighted by Crippen LogP contribution is 2.24. The van der Waals surface area contributed by atoms with Crippen LogP contribution in [0.2, 0.25) is 5.02 Å². The molecule has 1 N–H and O–H groups in total. The lowest BCUT2D eigenvalue weighted by molar-refractivity contribution is 0.139. The van der Waals surface area contributed by atoms with Gasteiger partial charge in [0, 0.05) is 6.54 Å². The van der Waals surface area contributed by atoms with E-state index in [9.17, 15) is 4.79 Å². The zero-order chi connectivity index (χ0) is 10.7. The molecule has 0 aliphatic rings. The molecule has 14 heavy (non-hydrogen) atoms. The van der Waals surface area contributed by atoms with Gasteiger partial charge in [-0.15, -0.1) is 0 Å². The number of halogens is 1. The fourth-order valence-corrected chi connectivity index (χ4v) is 1.19. The summed E-state index contributed by atoms with van der Waals surface area (Å²) in [6.07, 6.45) is -0.0280. The molecule has 0 unspecified atom stereocenters. The lowest BCUT2D eigenvalue weighted by Gasteiger charge is -2.08. The van der Waals surface area contributed by atoms with E-state index >= 15 is 0 Å². The average Bonchev–Trinajstić information content (AvgIpc) is 2.34. The summed E-state index contributed by atoms with van der Waals surface area (Å²) in [5.74, 6) is 0.412.